The van der Waals surface area contributed by atoms with E-state index < -0.39 is 0 Å². The average molecular weight is 288 g/mol. The molecule has 114 valence electrons. The summed E-state index contributed by atoms with van der Waals surface area (Å²) in [6, 6.07) is 2.16. The Labute approximate surface area is 126 Å². The van der Waals surface area contributed by atoms with Gasteiger partial charge in [-0.1, -0.05) is 19.3 Å². The molecule has 0 aromatic carbocycles. The molecule has 21 heavy (non-hydrogen) atoms. The molecule has 1 amide bonds. The SMILES string of the molecule is O=C(NC1CCCCC1)c1cc(N2CCCCC2)ncn1. The minimum Gasteiger partial charge on any atom is -0.357 e. The number of aromatic nitrogens is 2. The Morgan fingerprint density at radius 3 is 2.52 bits per heavy atom. The van der Waals surface area contributed by atoms with E-state index in [0.717, 1.165) is 31.7 Å². The summed E-state index contributed by atoms with van der Waals surface area (Å²) in [5.41, 5.74) is 0.496. The maximum atomic E-state index is 12.3. The van der Waals surface area contributed by atoms with E-state index >= 15 is 0 Å². The van der Waals surface area contributed by atoms with Gasteiger partial charge in [0.05, 0.1) is 0 Å². The first-order chi connectivity index (χ1) is 10.3. The summed E-state index contributed by atoms with van der Waals surface area (Å²) in [5.74, 6) is 0.834. The van der Waals surface area contributed by atoms with Crippen molar-refractivity contribution >= 4 is 11.7 Å². The number of piperidine rings is 1. The molecular formula is C16H24N4O. The third kappa shape index (κ3) is 3.71. The molecule has 2 fully saturated rings. The molecule has 1 aliphatic carbocycles. The van der Waals surface area contributed by atoms with Crippen molar-refractivity contribution in [3.05, 3.63) is 18.1 Å². The highest BCUT2D eigenvalue weighted by Crippen LogP contribution is 2.19. The molecule has 5 heteroatoms. The summed E-state index contributed by atoms with van der Waals surface area (Å²) in [6.07, 6.45) is 11.1. The topological polar surface area (TPSA) is 58.1 Å². The van der Waals surface area contributed by atoms with Crippen LogP contribution in [0.1, 0.15) is 61.9 Å². The van der Waals surface area contributed by atoms with E-state index in [2.05, 4.69) is 20.2 Å². The Kier molecular flexibility index (Phi) is 4.68. The van der Waals surface area contributed by atoms with Crippen LogP contribution in [0.5, 0.6) is 0 Å². The number of rotatable bonds is 3. The number of nitrogens with one attached hydrogen (secondary N) is 1. The molecule has 1 saturated carbocycles. The zero-order valence-electron chi connectivity index (χ0n) is 12.6. The van der Waals surface area contributed by atoms with E-state index in [0.29, 0.717) is 11.7 Å². The maximum Gasteiger partial charge on any atom is 0.270 e. The van der Waals surface area contributed by atoms with Crippen molar-refractivity contribution in [2.45, 2.75) is 57.4 Å². The second-order valence-electron chi connectivity index (χ2n) is 6.12. The standard InChI is InChI=1S/C16H24N4O/c21-16(19-13-7-3-1-4-8-13)14-11-15(18-12-17-14)20-9-5-2-6-10-20/h11-13H,1-10H2,(H,19,21). The number of anilines is 1. The highest BCUT2D eigenvalue weighted by Gasteiger charge is 2.19. The second-order valence-corrected chi connectivity index (χ2v) is 6.12. The van der Waals surface area contributed by atoms with Crippen molar-refractivity contribution in [1.29, 1.82) is 0 Å². The molecule has 2 heterocycles. The maximum absolute atomic E-state index is 12.3. The van der Waals surface area contributed by atoms with E-state index in [1.165, 1.54) is 44.9 Å². The van der Waals surface area contributed by atoms with E-state index in [9.17, 15) is 4.79 Å². The Balaban J connectivity index is 1.65. The molecule has 5 nitrogen and oxygen atoms in total. The van der Waals surface area contributed by atoms with Gasteiger partial charge in [-0.3, -0.25) is 4.79 Å². The first-order valence-corrected chi connectivity index (χ1v) is 8.21. The largest absolute Gasteiger partial charge is 0.357 e. The summed E-state index contributed by atoms with van der Waals surface area (Å²) in [7, 11) is 0. The summed E-state index contributed by atoms with van der Waals surface area (Å²) in [6.45, 7) is 2.06. The number of amides is 1. The van der Waals surface area contributed by atoms with Gasteiger partial charge in [0.1, 0.15) is 17.8 Å². The smallest absolute Gasteiger partial charge is 0.270 e. The molecule has 2 aliphatic rings. The first kappa shape index (κ1) is 14.3. The number of hydrogen-bond donors (Lipinski definition) is 1. The predicted octanol–water partition coefficient (Wildman–Crippen LogP) is 2.53. The van der Waals surface area contributed by atoms with Crippen LogP contribution in [-0.4, -0.2) is 35.0 Å². The van der Waals surface area contributed by atoms with E-state index in [-0.39, 0.29) is 5.91 Å². The van der Waals surface area contributed by atoms with Crippen LogP contribution in [-0.2, 0) is 0 Å². The molecule has 3 rings (SSSR count). The molecule has 1 saturated heterocycles. The van der Waals surface area contributed by atoms with Crippen LogP contribution in [0.3, 0.4) is 0 Å². The third-order valence-electron chi connectivity index (χ3n) is 4.51. The van der Waals surface area contributed by atoms with Gasteiger partial charge in [-0.05, 0) is 32.1 Å². The monoisotopic (exact) mass is 288 g/mol. The van der Waals surface area contributed by atoms with Gasteiger partial charge >= 0.3 is 0 Å². The van der Waals surface area contributed by atoms with Gasteiger partial charge in [-0.15, -0.1) is 0 Å². The summed E-state index contributed by atoms with van der Waals surface area (Å²) >= 11 is 0. The number of nitrogens with zero attached hydrogens (tertiary/aromatic N) is 3. The molecule has 1 N–H and O–H groups in total. The lowest BCUT2D eigenvalue weighted by atomic mass is 9.95. The fourth-order valence-corrected chi connectivity index (χ4v) is 3.27. The van der Waals surface area contributed by atoms with Crippen LogP contribution in [0, 0.1) is 0 Å². The van der Waals surface area contributed by atoms with Gasteiger partial charge in [0.2, 0.25) is 0 Å². The van der Waals surface area contributed by atoms with Gasteiger partial charge in [0.15, 0.2) is 0 Å². The summed E-state index contributed by atoms with van der Waals surface area (Å²) < 4.78 is 0. The molecule has 1 aromatic heterocycles. The molecule has 1 aromatic rings. The lowest BCUT2D eigenvalue weighted by molar-refractivity contribution is 0.0922. The van der Waals surface area contributed by atoms with E-state index in [4.69, 9.17) is 0 Å². The number of carbonyl (C=O) groups excluding carboxylic acids is 1. The average Bonchev–Trinajstić information content (AvgIpc) is 2.57. The fourth-order valence-electron chi connectivity index (χ4n) is 3.27. The Hall–Kier alpha value is -1.65. The minimum atomic E-state index is -0.0532. The molecule has 1 aliphatic heterocycles. The highest BCUT2D eigenvalue weighted by atomic mass is 16.1. The van der Waals surface area contributed by atoms with Crippen LogP contribution >= 0.6 is 0 Å². The molecule has 0 spiro atoms. The van der Waals surface area contributed by atoms with Gasteiger partial charge in [-0.2, -0.15) is 0 Å². The quantitative estimate of drug-likeness (QED) is 0.928. The Bertz CT molecular complexity index is 479. The van der Waals surface area contributed by atoms with Crippen LogP contribution < -0.4 is 10.2 Å². The van der Waals surface area contributed by atoms with E-state index in [1.54, 1.807) is 0 Å². The molecule has 0 unspecified atom stereocenters. The second kappa shape index (κ2) is 6.87. The molecule has 0 radical (unpaired) electrons. The predicted molar refractivity (Wildman–Crippen MR) is 82.4 cm³/mol. The van der Waals surface area contributed by atoms with Gasteiger partial charge in [0.25, 0.3) is 5.91 Å². The van der Waals surface area contributed by atoms with Crippen molar-refractivity contribution in [3.8, 4) is 0 Å². The van der Waals surface area contributed by atoms with Crippen molar-refractivity contribution in [3.63, 3.8) is 0 Å². The molecular weight excluding hydrogens is 264 g/mol. The number of carbonyl (C=O) groups is 1. The Morgan fingerprint density at radius 2 is 1.76 bits per heavy atom. The lowest BCUT2D eigenvalue weighted by Gasteiger charge is -2.27. The van der Waals surface area contributed by atoms with Crippen LogP contribution in [0.4, 0.5) is 5.82 Å². The first-order valence-electron chi connectivity index (χ1n) is 8.21. The fraction of sp³-hybridized carbons (Fsp3) is 0.688. The van der Waals surface area contributed by atoms with Gasteiger partial charge in [-0.25, -0.2) is 9.97 Å². The lowest BCUT2D eigenvalue weighted by Crippen LogP contribution is -2.37. The van der Waals surface area contributed by atoms with Crippen molar-refractivity contribution in [2.75, 3.05) is 18.0 Å². The highest BCUT2D eigenvalue weighted by molar-refractivity contribution is 5.93. The zero-order chi connectivity index (χ0) is 14.5. The van der Waals surface area contributed by atoms with Crippen LogP contribution in [0.15, 0.2) is 12.4 Å². The van der Waals surface area contributed by atoms with Crippen molar-refractivity contribution < 1.29 is 4.79 Å². The Morgan fingerprint density at radius 1 is 1.05 bits per heavy atom. The van der Waals surface area contributed by atoms with E-state index in [1.807, 2.05) is 6.07 Å². The summed E-state index contributed by atoms with van der Waals surface area (Å²) in [5, 5.41) is 3.12. The normalized spacial score (nSPS) is 20.3. The van der Waals surface area contributed by atoms with Crippen LogP contribution in [0.25, 0.3) is 0 Å². The third-order valence-corrected chi connectivity index (χ3v) is 4.51. The summed E-state index contributed by atoms with van der Waals surface area (Å²) in [4.78, 5) is 23.1. The molecule has 0 bridgehead atoms. The molecule has 0 atom stereocenters. The zero-order valence-corrected chi connectivity index (χ0v) is 12.6. The minimum absolute atomic E-state index is 0.0532. The van der Waals surface area contributed by atoms with Gasteiger partial charge in [0, 0.05) is 25.2 Å². The van der Waals surface area contributed by atoms with Crippen molar-refractivity contribution in [2.24, 2.45) is 0 Å². The van der Waals surface area contributed by atoms with Crippen molar-refractivity contribution in [1.82, 2.24) is 15.3 Å². The number of hydrogen-bond acceptors (Lipinski definition) is 4. The van der Waals surface area contributed by atoms with Crippen LogP contribution in [0.2, 0.25) is 0 Å². The van der Waals surface area contributed by atoms with Gasteiger partial charge < -0.3 is 10.2 Å².